The van der Waals surface area contributed by atoms with Gasteiger partial charge in [-0.3, -0.25) is 9.78 Å². The first-order chi connectivity index (χ1) is 5.70. The van der Waals surface area contributed by atoms with Crippen LogP contribution in [-0.4, -0.2) is 9.55 Å². The molecule has 0 saturated carbocycles. The van der Waals surface area contributed by atoms with E-state index in [9.17, 15) is 4.79 Å². The monoisotopic (exact) mass is 166 g/mol. The quantitative estimate of drug-likeness (QED) is 0.678. The molecule has 1 heterocycles. The van der Waals surface area contributed by atoms with E-state index in [1.807, 2.05) is 0 Å². The van der Waals surface area contributed by atoms with Crippen LogP contribution in [0.1, 0.15) is 20.3 Å². The molecule has 0 N–H and O–H groups in total. The molecule has 1 aromatic rings. The van der Waals surface area contributed by atoms with Crippen molar-refractivity contribution in [2.75, 3.05) is 0 Å². The molecule has 0 radical (unpaired) electrons. The zero-order chi connectivity index (χ0) is 8.97. The molecule has 0 aromatic carbocycles. The number of hydrogen-bond acceptors (Lipinski definition) is 2. The van der Waals surface area contributed by atoms with Crippen LogP contribution < -0.4 is 5.56 Å². The summed E-state index contributed by atoms with van der Waals surface area (Å²) in [5, 5.41) is 0. The Morgan fingerprint density at radius 1 is 1.58 bits per heavy atom. The second-order valence-electron chi connectivity index (χ2n) is 3.29. The molecule has 12 heavy (non-hydrogen) atoms. The maximum absolute atomic E-state index is 11.1. The van der Waals surface area contributed by atoms with Crippen LogP contribution >= 0.6 is 0 Å². The van der Waals surface area contributed by atoms with Crippen LogP contribution in [0.15, 0.2) is 23.4 Å². The fourth-order valence-corrected chi connectivity index (χ4v) is 0.955. The van der Waals surface area contributed by atoms with E-state index in [0.29, 0.717) is 5.92 Å². The van der Waals surface area contributed by atoms with Gasteiger partial charge in [0.2, 0.25) is 0 Å². The summed E-state index contributed by atoms with van der Waals surface area (Å²) in [7, 11) is 0. The van der Waals surface area contributed by atoms with Crippen molar-refractivity contribution in [3.63, 3.8) is 0 Å². The zero-order valence-corrected chi connectivity index (χ0v) is 7.53. The van der Waals surface area contributed by atoms with Crippen molar-refractivity contribution in [1.82, 2.24) is 9.55 Å². The molecule has 1 aromatic heterocycles. The van der Waals surface area contributed by atoms with Gasteiger partial charge in [0, 0.05) is 18.9 Å². The van der Waals surface area contributed by atoms with Crippen LogP contribution in [0.2, 0.25) is 0 Å². The van der Waals surface area contributed by atoms with Crippen molar-refractivity contribution in [3.05, 3.63) is 28.9 Å². The van der Waals surface area contributed by atoms with Crippen molar-refractivity contribution in [2.45, 2.75) is 26.8 Å². The van der Waals surface area contributed by atoms with Crippen LogP contribution in [0.3, 0.4) is 0 Å². The summed E-state index contributed by atoms with van der Waals surface area (Å²) in [5.74, 6) is 0.630. The minimum Gasteiger partial charge on any atom is -0.313 e. The lowest BCUT2D eigenvalue weighted by atomic mass is 10.1. The first kappa shape index (κ1) is 8.97. The van der Waals surface area contributed by atoms with E-state index in [4.69, 9.17) is 0 Å². The maximum atomic E-state index is 11.1. The van der Waals surface area contributed by atoms with Gasteiger partial charge in [0.05, 0.1) is 6.20 Å². The third-order valence-electron chi connectivity index (χ3n) is 1.75. The first-order valence-corrected chi connectivity index (χ1v) is 4.20. The van der Waals surface area contributed by atoms with Crippen molar-refractivity contribution < 1.29 is 0 Å². The topological polar surface area (TPSA) is 34.9 Å². The third kappa shape index (κ3) is 2.49. The summed E-state index contributed by atoms with van der Waals surface area (Å²) >= 11 is 0. The van der Waals surface area contributed by atoms with E-state index in [2.05, 4.69) is 18.8 Å². The molecule has 0 amide bonds. The molecule has 3 nitrogen and oxygen atoms in total. The average molecular weight is 166 g/mol. The third-order valence-corrected chi connectivity index (χ3v) is 1.75. The molecule has 0 atom stereocenters. The predicted molar refractivity (Wildman–Crippen MR) is 48.0 cm³/mol. The fourth-order valence-electron chi connectivity index (χ4n) is 0.955. The molecule has 0 fully saturated rings. The lowest BCUT2D eigenvalue weighted by molar-refractivity contribution is 0.506. The van der Waals surface area contributed by atoms with Crippen LogP contribution in [0.25, 0.3) is 0 Å². The number of rotatable bonds is 3. The Hall–Kier alpha value is -1.12. The van der Waals surface area contributed by atoms with E-state index in [1.54, 1.807) is 17.0 Å². The maximum Gasteiger partial charge on any atom is 0.268 e. The average Bonchev–Trinajstić information content (AvgIpc) is 2.03. The highest BCUT2D eigenvalue weighted by molar-refractivity contribution is 4.79. The molecular weight excluding hydrogens is 152 g/mol. The number of aromatic nitrogens is 2. The van der Waals surface area contributed by atoms with Crippen LogP contribution in [0, 0.1) is 5.92 Å². The summed E-state index contributed by atoms with van der Waals surface area (Å²) in [6.07, 6.45) is 5.75. The van der Waals surface area contributed by atoms with E-state index in [0.717, 1.165) is 13.0 Å². The summed E-state index contributed by atoms with van der Waals surface area (Å²) in [5.41, 5.74) is -0.0156. The largest absolute Gasteiger partial charge is 0.313 e. The first-order valence-electron chi connectivity index (χ1n) is 4.20. The molecule has 1 rings (SSSR count). The Morgan fingerprint density at radius 3 is 2.92 bits per heavy atom. The molecule has 0 spiro atoms. The highest BCUT2D eigenvalue weighted by Crippen LogP contribution is 1.99. The van der Waals surface area contributed by atoms with Gasteiger partial charge < -0.3 is 4.57 Å². The second-order valence-corrected chi connectivity index (χ2v) is 3.29. The lowest BCUT2D eigenvalue weighted by Crippen LogP contribution is -2.19. The number of hydrogen-bond donors (Lipinski definition) is 0. The minimum absolute atomic E-state index is 0.0156. The lowest BCUT2D eigenvalue weighted by Gasteiger charge is -2.05. The van der Waals surface area contributed by atoms with Crippen molar-refractivity contribution in [1.29, 1.82) is 0 Å². The molecule has 0 saturated heterocycles. The molecule has 3 heteroatoms. The Kier molecular flexibility index (Phi) is 3.02. The SMILES string of the molecule is CC(C)CCn1ccncc1=O. The Labute approximate surface area is 72.1 Å². The summed E-state index contributed by atoms with van der Waals surface area (Å²) in [6, 6.07) is 0. The van der Waals surface area contributed by atoms with Crippen LogP contribution in [0.5, 0.6) is 0 Å². The molecular formula is C9H14N2O. The van der Waals surface area contributed by atoms with Gasteiger partial charge in [-0.1, -0.05) is 13.8 Å². The standard InChI is InChI=1S/C9H14N2O/c1-8(2)3-5-11-6-4-10-7-9(11)12/h4,6-8H,3,5H2,1-2H3. The number of nitrogens with zero attached hydrogens (tertiary/aromatic N) is 2. The summed E-state index contributed by atoms with van der Waals surface area (Å²) in [6.45, 7) is 5.08. The highest BCUT2D eigenvalue weighted by Gasteiger charge is 1.96. The van der Waals surface area contributed by atoms with Gasteiger partial charge in [-0.05, 0) is 12.3 Å². The van der Waals surface area contributed by atoms with Gasteiger partial charge in [0.1, 0.15) is 0 Å². The fraction of sp³-hybridized carbons (Fsp3) is 0.556. The van der Waals surface area contributed by atoms with Gasteiger partial charge in [-0.2, -0.15) is 0 Å². The van der Waals surface area contributed by atoms with E-state index in [1.165, 1.54) is 6.20 Å². The summed E-state index contributed by atoms with van der Waals surface area (Å²) in [4.78, 5) is 14.9. The molecule has 0 aliphatic carbocycles. The van der Waals surface area contributed by atoms with Crippen molar-refractivity contribution >= 4 is 0 Å². The normalized spacial score (nSPS) is 10.6. The van der Waals surface area contributed by atoms with Gasteiger partial charge in [-0.15, -0.1) is 0 Å². The van der Waals surface area contributed by atoms with Gasteiger partial charge in [0.15, 0.2) is 0 Å². The van der Waals surface area contributed by atoms with Crippen LogP contribution in [-0.2, 0) is 6.54 Å². The molecule has 0 aliphatic rings. The highest BCUT2D eigenvalue weighted by atomic mass is 16.1. The smallest absolute Gasteiger partial charge is 0.268 e. The van der Waals surface area contributed by atoms with Crippen molar-refractivity contribution in [3.8, 4) is 0 Å². The van der Waals surface area contributed by atoms with Gasteiger partial charge >= 0.3 is 0 Å². The van der Waals surface area contributed by atoms with Gasteiger partial charge in [0.25, 0.3) is 5.56 Å². The van der Waals surface area contributed by atoms with E-state index in [-0.39, 0.29) is 5.56 Å². The van der Waals surface area contributed by atoms with E-state index >= 15 is 0 Å². The van der Waals surface area contributed by atoms with E-state index < -0.39 is 0 Å². The molecule has 0 unspecified atom stereocenters. The zero-order valence-electron chi connectivity index (χ0n) is 7.53. The minimum atomic E-state index is -0.0156. The molecule has 0 bridgehead atoms. The predicted octanol–water partition coefficient (Wildman–Crippen LogP) is 1.29. The molecule has 66 valence electrons. The Balaban J connectivity index is 2.64. The Morgan fingerprint density at radius 2 is 2.33 bits per heavy atom. The number of aryl methyl sites for hydroxylation is 1. The van der Waals surface area contributed by atoms with Crippen molar-refractivity contribution in [2.24, 2.45) is 5.92 Å². The van der Waals surface area contributed by atoms with Crippen LogP contribution in [0.4, 0.5) is 0 Å². The second kappa shape index (κ2) is 4.04. The van der Waals surface area contributed by atoms with Gasteiger partial charge in [-0.25, -0.2) is 0 Å². The Bertz CT molecular complexity index is 291. The molecule has 0 aliphatic heterocycles. The summed E-state index contributed by atoms with van der Waals surface area (Å²) < 4.78 is 1.69.